The van der Waals surface area contributed by atoms with E-state index in [1.165, 1.54) is 17.1 Å². The first-order valence-corrected chi connectivity index (χ1v) is 13.7. The zero-order valence-corrected chi connectivity index (χ0v) is 21.6. The summed E-state index contributed by atoms with van der Waals surface area (Å²) >= 11 is 0. The highest BCUT2D eigenvalue weighted by Crippen LogP contribution is 2.27. The van der Waals surface area contributed by atoms with Gasteiger partial charge in [0, 0.05) is 37.3 Å². The predicted molar refractivity (Wildman–Crippen MR) is 136 cm³/mol. The number of carbonyl (C=O) groups is 1. The lowest BCUT2D eigenvalue weighted by Gasteiger charge is -2.30. The second kappa shape index (κ2) is 9.80. The van der Waals surface area contributed by atoms with Crippen molar-refractivity contribution in [1.29, 1.82) is 0 Å². The van der Waals surface area contributed by atoms with Crippen molar-refractivity contribution < 1.29 is 13.2 Å². The van der Waals surface area contributed by atoms with Crippen LogP contribution in [0.5, 0.6) is 0 Å². The summed E-state index contributed by atoms with van der Waals surface area (Å²) < 4.78 is 27.2. The lowest BCUT2D eigenvalue weighted by molar-refractivity contribution is 0.0709. The summed E-state index contributed by atoms with van der Waals surface area (Å²) in [6.45, 7) is 9.75. The van der Waals surface area contributed by atoms with Crippen LogP contribution in [0.2, 0.25) is 0 Å². The first kappa shape index (κ1) is 24.9. The molecule has 2 aromatic carbocycles. The smallest absolute Gasteiger partial charge is 0.254 e. The van der Waals surface area contributed by atoms with E-state index in [1.807, 2.05) is 57.2 Å². The van der Waals surface area contributed by atoms with Crippen molar-refractivity contribution in [2.24, 2.45) is 0 Å². The molecule has 0 N–H and O–H groups in total. The lowest BCUT2D eigenvalue weighted by Crippen LogP contribution is -2.42. The van der Waals surface area contributed by atoms with Crippen molar-refractivity contribution in [3.8, 4) is 11.1 Å². The molecule has 0 radical (unpaired) electrons. The number of rotatable bonds is 6. The number of carbonyl (C=O) groups excluding carboxylic acids is 1. The van der Waals surface area contributed by atoms with E-state index < -0.39 is 15.6 Å². The Morgan fingerprint density at radius 3 is 2.03 bits per heavy atom. The van der Waals surface area contributed by atoms with Gasteiger partial charge in [-0.25, -0.2) is 8.42 Å². The van der Waals surface area contributed by atoms with E-state index in [0.29, 0.717) is 11.6 Å². The Morgan fingerprint density at radius 1 is 0.912 bits per heavy atom. The fraction of sp³-hybridized carbons (Fsp3) is 0.519. The average molecular weight is 484 g/mol. The number of amides is 1. The van der Waals surface area contributed by atoms with Crippen molar-refractivity contribution >= 4 is 15.9 Å². The Labute approximate surface area is 204 Å². The summed E-state index contributed by atoms with van der Waals surface area (Å²) in [4.78, 5) is 18.0. The molecule has 0 aliphatic carbocycles. The Morgan fingerprint density at radius 2 is 1.47 bits per heavy atom. The zero-order chi connectivity index (χ0) is 24.5. The molecule has 0 spiro atoms. The highest BCUT2D eigenvalue weighted by Gasteiger charge is 2.32. The third-order valence-electron chi connectivity index (χ3n) is 7.23. The predicted octanol–water partition coefficient (Wildman–Crippen LogP) is 4.47. The molecule has 1 amide bonds. The monoisotopic (exact) mass is 483 g/mol. The molecule has 0 bridgehead atoms. The van der Waals surface area contributed by atoms with Gasteiger partial charge in [0.05, 0.1) is 4.90 Å². The molecule has 0 unspecified atom stereocenters. The molecule has 0 aromatic heterocycles. The first-order valence-electron chi connectivity index (χ1n) is 12.3. The van der Waals surface area contributed by atoms with Crippen LogP contribution in [0.4, 0.5) is 0 Å². The van der Waals surface area contributed by atoms with Crippen molar-refractivity contribution in [3.05, 3.63) is 54.1 Å². The molecule has 2 aliphatic rings. The number of hydrogen-bond acceptors (Lipinski definition) is 4. The number of likely N-dealkylation sites (tertiary alicyclic amines) is 2. The molecular formula is C27H37N3O3S. The fourth-order valence-electron chi connectivity index (χ4n) is 4.87. The lowest BCUT2D eigenvalue weighted by atomic mass is 10.0. The molecule has 2 fully saturated rings. The molecule has 2 aromatic rings. The van der Waals surface area contributed by atoms with E-state index in [-0.39, 0.29) is 10.8 Å². The van der Waals surface area contributed by atoms with E-state index in [0.717, 1.165) is 50.1 Å². The number of benzene rings is 2. The number of sulfonamides is 1. The highest BCUT2D eigenvalue weighted by molar-refractivity contribution is 7.89. The Hall–Kier alpha value is -2.22. The Bertz CT molecular complexity index is 1100. The second-order valence-corrected chi connectivity index (χ2v) is 12.5. The minimum absolute atomic E-state index is 0.111. The quantitative estimate of drug-likeness (QED) is 0.608. The largest absolute Gasteiger partial charge is 0.334 e. The van der Waals surface area contributed by atoms with E-state index in [2.05, 4.69) is 9.80 Å². The summed E-state index contributed by atoms with van der Waals surface area (Å²) in [5.41, 5.74) is 2.09. The van der Waals surface area contributed by atoms with Gasteiger partial charge >= 0.3 is 0 Å². The summed E-state index contributed by atoms with van der Waals surface area (Å²) in [5, 5.41) is 0. The van der Waals surface area contributed by atoms with Crippen LogP contribution < -0.4 is 0 Å². The molecule has 2 heterocycles. The summed E-state index contributed by atoms with van der Waals surface area (Å²) in [6.07, 6.45) is 4.69. The number of nitrogens with zero attached hydrogens (tertiary/aromatic N) is 3. The minimum Gasteiger partial charge on any atom is -0.334 e. The van der Waals surface area contributed by atoms with Crippen LogP contribution in [-0.4, -0.2) is 73.2 Å². The normalized spacial score (nSPS) is 19.8. The molecular weight excluding hydrogens is 446 g/mol. The van der Waals surface area contributed by atoms with Gasteiger partial charge in [0.2, 0.25) is 10.0 Å². The van der Waals surface area contributed by atoms with Crippen LogP contribution in [0.15, 0.2) is 53.4 Å². The summed E-state index contributed by atoms with van der Waals surface area (Å²) in [7, 11) is -1.95. The van der Waals surface area contributed by atoms with Gasteiger partial charge < -0.3 is 9.80 Å². The van der Waals surface area contributed by atoms with Gasteiger partial charge in [-0.3, -0.25) is 4.79 Å². The van der Waals surface area contributed by atoms with Gasteiger partial charge in [0.15, 0.2) is 0 Å². The van der Waals surface area contributed by atoms with E-state index in [9.17, 15) is 13.2 Å². The molecule has 0 saturated carbocycles. The molecule has 2 aliphatic heterocycles. The Balaban J connectivity index is 1.45. The standard InChI is InChI=1S/C27H37N3O3S/c1-27(2,3)28(4)34(32,33)25-15-13-22(14-16-25)21-9-11-23(12-10-21)26(31)30-19-7-8-24(30)20-29-17-5-6-18-29/h9-16,24H,5-8,17-20H2,1-4H3/t24-/m0/s1. The molecule has 184 valence electrons. The second-order valence-electron chi connectivity index (χ2n) is 10.5. The summed E-state index contributed by atoms with van der Waals surface area (Å²) in [5.74, 6) is 0.111. The first-order chi connectivity index (χ1) is 16.1. The maximum Gasteiger partial charge on any atom is 0.254 e. The van der Waals surface area contributed by atoms with Crippen molar-refractivity contribution in [3.63, 3.8) is 0 Å². The Kier molecular flexibility index (Phi) is 7.17. The SMILES string of the molecule is CN(C(C)(C)C)S(=O)(=O)c1ccc(-c2ccc(C(=O)N3CCC[C@H]3CN3CCCC3)cc2)cc1. The molecule has 4 rings (SSSR count). The maximum absolute atomic E-state index is 13.2. The van der Waals surface area contributed by atoms with Gasteiger partial charge in [0.1, 0.15) is 0 Å². The van der Waals surface area contributed by atoms with Gasteiger partial charge in [-0.2, -0.15) is 4.31 Å². The van der Waals surface area contributed by atoms with E-state index in [1.54, 1.807) is 19.2 Å². The van der Waals surface area contributed by atoms with Crippen molar-refractivity contribution in [2.45, 2.75) is 62.9 Å². The average Bonchev–Trinajstić information content (AvgIpc) is 3.50. The van der Waals surface area contributed by atoms with Gasteiger partial charge in [-0.15, -0.1) is 0 Å². The minimum atomic E-state index is -3.56. The van der Waals surface area contributed by atoms with E-state index in [4.69, 9.17) is 0 Å². The fourth-order valence-corrected chi connectivity index (χ4v) is 6.38. The zero-order valence-electron chi connectivity index (χ0n) is 20.8. The maximum atomic E-state index is 13.2. The number of hydrogen-bond donors (Lipinski definition) is 0. The van der Waals surface area contributed by atoms with Crippen molar-refractivity contribution in [1.82, 2.24) is 14.1 Å². The van der Waals surface area contributed by atoms with Crippen LogP contribution >= 0.6 is 0 Å². The van der Waals surface area contributed by atoms with E-state index >= 15 is 0 Å². The highest BCUT2D eigenvalue weighted by atomic mass is 32.2. The molecule has 34 heavy (non-hydrogen) atoms. The van der Waals surface area contributed by atoms with Crippen LogP contribution in [0.25, 0.3) is 11.1 Å². The van der Waals surface area contributed by atoms with Crippen molar-refractivity contribution in [2.75, 3.05) is 33.2 Å². The third kappa shape index (κ3) is 5.21. The van der Waals surface area contributed by atoms with Crippen LogP contribution in [-0.2, 0) is 10.0 Å². The molecule has 6 nitrogen and oxygen atoms in total. The molecule has 2 saturated heterocycles. The van der Waals surface area contributed by atoms with Gasteiger partial charge in [0.25, 0.3) is 5.91 Å². The summed E-state index contributed by atoms with van der Waals surface area (Å²) in [6, 6.07) is 14.9. The van der Waals surface area contributed by atoms with Crippen LogP contribution in [0, 0.1) is 0 Å². The van der Waals surface area contributed by atoms with Crippen LogP contribution in [0.1, 0.15) is 56.8 Å². The van der Waals surface area contributed by atoms with Crippen LogP contribution in [0.3, 0.4) is 0 Å². The van der Waals surface area contributed by atoms with Gasteiger partial charge in [-0.1, -0.05) is 24.3 Å². The molecule has 1 atom stereocenters. The topological polar surface area (TPSA) is 60.9 Å². The third-order valence-corrected chi connectivity index (χ3v) is 9.36. The molecule has 7 heteroatoms. The van der Waals surface area contributed by atoms with Gasteiger partial charge in [-0.05, 0) is 94.9 Å².